The van der Waals surface area contributed by atoms with Crippen LogP contribution in [0.4, 0.5) is 0 Å². The minimum absolute atomic E-state index is 0.446. The van der Waals surface area contributed by atoms with Crippen molar-refractivity contribution in [1.29, 1.82) is 0 Å². The first kappa shape index (κ1) is 9.18. The van der Waals surface area contributed by atoms with E-state index in [-0.39, 0.29) is 0 Å². The summed E-state index contributed by atoms with van der Waals surface area (Å²) in [5.74, 6) is 0.934. The molecule has 0 saturated heterocycles. The first-order valence-electron chi connectivity index (χ1n) is 3.17. The summed E-state index contributed by atoms with van der Waals surface area (Å²) >= 11 is 17.1. The molecule has 1 aromatic carbocycles. The number of hydrogen-bond acceptors (Lipinski definition) is 0. The third kappa shape index (κ3) is 2.26. The van der Waals surface area contributed by atoms with Crippen LogP contribution in [0.3, 0.4) is 0 Å². The van der Waals surface area contributed by atoms with Crippen LogP contribution in [0.1, 0.15) is 11.1 Å². The van der Waals surface area contributed by atoms with Gasteiger partial charge in [-0.2, -0.15) is 0 Å². The van der Waals surface area contributed by atoms with Gasteiger partial charge in [0, 0.05) is 16.8 Å². The van der Waals surface area contributed by atoms with E-state index in [2.05, 4.69) is 0 Å². The Kier molecular flexibility index (Phi) is 3.50. The number of benzene rings is 1. The molecule has 11 heavy (non-hydrogen) atoms. The molecule has 0 saturated carbocycles. The molecule has 0 heterocycles. The van der Waals surface area contributed by atoms with E-state index in [4.69, 9.17) is 34.8 Å². The fraction of sp³-hybridized carbons (Fsp3) is 0.250. The van der Waals surface area contributed by atoms with E-state index in [0.717, 1.165) is 11.1 Å². The molecule has 0 nitrogen and oxygen atoms in total. The summed E-state index contributed by atoms with van der Waals surface area (Å²) in [6, 6.07) is 5.66. The summed E-state index contributed by atoms with van der Waals surface area (Å²) in [5, 5.41) is 0.693. The predicted octanol–water partition coefficient (Wildman–Crippen LogP) is 3.82. The van der Waals surface area contributed by atoms with Gasteiger partial charge in [-0.15, -0.1) is 23.2 Å². The predicted molar refractivity (Wildman–Crippen MR) is 50.6 cm³/mol. The van der Waals surface area contributed by atoms with Crippen LogP contribution >= 0.6 is 34.8 Å². The van der Waals surface area contributed by atoms with Crippen LogP contribution < -0.4 is 0 Å². The molecule has 0 atom stereocenters. The Bertz CT molecular complexity index is 245. The van der Waals surface area contributed by atoms with Gasteiger partial charge < -0.3 is 0 Å². The summed E-state index contributed by atoms with van der Waals surface area (Å²) in [6.45, 7) is 0. The first-order valence-corrected chi connectivity index (χ1v) is 4.62. The lowest BCUT2D eigenvalue weighted by molar-refractivity contribution is 1.33. The molecule has 0 bridgehead atoms. The lowest BCUT2D eigenvalue weighted by atomic mass is 10.2. The van der Waals surface area contributed by atoms with E-state index in [1.165, 1.54) is 0 Å². The van der Waals surface area contributed by atoms with Crippen molar-refractivity contribution in [2.75, 3.05) is 0 Å². The van der Waals surface area contributed by atoms with Gasteiger partial charge in [-0.25, -0.2) is 0 Å². The summed E-state index contributed by atoms with van der Waals surface area (Å²) in [6.07, 6.45) is 0. The smallest absolute Gasteiger partial charge is 0.0488 e. The van der Waals surface area contributed by atoms with E-state index in [1.807, 2.05) is 18.2 Å². The molecule has 0 amide bonds. The maximum atomic E-state index is 5.87. The lowest BCUT2D eigenvalue weighted by Gasteiger charge is -2.00. The Morgan fingerprint density at radius 3 is 2.27 bits per heavy atom. The van der Waals surface area contributed by atoms with Gasteiger partial charge in [0.05, 0.1) is 0 Å². The highest BCUT2D eigenvalue weighted by atomic mass is 35.5. The summed E-state index contributed by atoms with van der Waals surface area (Å²) in [7, 11) is 0. The topological polar surface area (TPSA) is 0 Å². The highest BCUT2D eigenvalue weighted by Gasteiger charge is 1.98. The van der Waals surface area contributed by atoms with Crippen molar-refractivity contribution in [2.24, 2.45) is 0 Å². The maximum absolute atomic E-state index is 5.87. The van der Waals surface area contributed by atoms with E-state index < -0.39 is 0 Å². The van der Waals surface area contributed by atoms with Crippen LogP contribution in [0, 0.1) is 0 Å². The van der Waals surface area contributed by atoms with Crippen molar-refractivity contribution >= 4 is 34.8 Å². The Hall–Kier alpha value is 0.0900. The quantitative estimate of drug-likeness (QED) is 0.650. The monoisotopic (exact) mass is 208 g/mol. The van der Waals surface area contributed by atoms with Crippen molar-refractivity contribution < 1.29 is 0 Å². The SMILES string of the molecule is ClCc1ccc(CCl)c(Cl)c1. The molecule has 0 aliphatic heterocycles. The molecule has 0 aliphatic carbocycles. The second-order valence-corrected chi connectivity index (χ2v) is 3.13. The number of rotatable bonds is 2. The molecule has 1 aromatic rings. The van der Waals surface area contributed by atoms with Gasteiger partial charge >= 0.3 is 0 Å². The number of alkyl halides is 2. The summed E-state index contributed by atoms with van der Waals surface area (Å²) in [5.41, 5.74) is 1.97. The van der Waals surface area contributed by atoms with Crippen LogP contribution in [-0.4, -0.2) is 0 Å². The third-order valence-electron chi connectivity index (χ3n) is 1.42. The van der Waals surface area contributed by atoms with Crippen LogP contribution in [-0.2, 0) is 11.8 Å². The number of halogens is 3. The third-order valence-corrected chi connectivity index (χ3v) is 2.36. The zero-order valence-corrected chi connectivity index (χ0v) is 8.05. The Morgan fingerprint density at radius 2 is 1.82 bits per heavy atom. The Labute approximate surface area is 81.1 Å². The van der Waals surface area contributed by atoms with Gasteiger partial charge in [0.1, 0.15) is 0 Å². The molecule has 0 aromatic heterocycles. The molecule has 0 radical (unpaired) electrons. The normalized spacial score (nSPS) is 10.1. The molecule has 0 aliphatic rings. The van der Waals surface area contributed by atoms with Crippen molar-refractivity contribution in [3.05, 3.63) is 34.3 Å². The van der Waals surface area contributed by atoms with Crippen molar-refractivity contribution in [3.63, 3.8) is 0 Å². The molecule has 0 fully saturated rings. The van der Waals surface area contributed by atoms with Gasteiger partial charge in [0.2, 0.25) is 0 Å². The highest BCUT2D eigenvalue weighted by Crippen LogP contribution is 2.20. The minimum Gasteiger partial charge on any atom is -0.122 e. The van der Waals surface area contributed by atoms with Crippen LogP contribution in [0.5, 0.6) is 0 Å². The average molecular weight is 210 g/mol. The molecule has 1 rings (SSSR count). The molecule has 3 heteroatoms. The molecular formula is C8H7Cl3. The maximum Gasteiger partial charge on any atom is 0.0488 e. The van der Waals surface area contributed by atoms with Crippen LogP contribution in [0.25, 0.3) is 0 Å². The Balaban J connectivity index is 2.99. The fourth-order valence-corrected chi connectivity index (χ4v) is 1.52. The summed E-state index contributed by atoms with van der Waals surface area (Å²) < 4.78 is 0. The van der Waals surface area contributed by atoms with Crippen LogP contribution in [0.15, 0.2) is 18.2 Å². The van der Waals surface area contributed by atoms with Gasteiger partial charge in [0.15, 0.2) is 0 Å². The largest absolute Gasteiger partial charge is 0.122 e. The zero-order chi connectivity index (χ0) is 8.27. The fourth-order valence-electron chi connectivity index (χ4n) is 0.782. The second kappa shape index (κ2) is 4.20. The van der Waals surface area contributed by atoms with E-state index in [0.29, 0.717) is 16.8 Å². The van der Waals surface area contributed by atoms with Crippen molar-refractivity contribution in [1.82, 2.24) is 0 Å². The van der Waals surface area contributed by atoms with E-state index >= 15 is 0 Å². The van der Waals surface area contributed by atoms with Crippen molar-refractivity contribution in [2.45, 2.75) is 11.8 Å². The van der Waals surface area contributed by atoms with E-state index in [9.17, 15) is 0 Å². The average Bonchev–Trinajstić information content (AvgIpc) is 2.04. The highest BCUT2D eigenvalue weighted by molar-refractivity contribution is 6.32. The molecule has 0 unspecified atom stereocenters. The summed E-state index contributed by atoms with van der Waals surface area (Å²) in [4.78, 5) is 0. The van der Waals surface area contributed by atoms with Gasteiger partial charge in [-0.3, -0.25) is 0 Å². The van der Waals surface area contributed by atoms with E-state index in [1.54, 1.807) is 0 Å². The van der Waals surface area contributed by atoms with Gasteiger partial charge in [0.25, 0.3) is 0 Å². The standard InChI is InChI=1S/C8H7Cl3/c9-4-6-1-2-7(5-10)8(11)3-6/h1-3H,4-5H2. The minimum atomic E-state index is 0.446. The van der Waals surface area contributed by atoms with Crippen molar-refractivity contribution in [3.8, 4) is 0 Å². The number of hydrogen-bond donors (Lipinski definition) is 0. The Morgan fingerprint density at radius 1 is 1.09 bits per heavy atom. The molecule has 0 spiro atoms. The second-order valence-electron chi connectivity index (χ2n) is 2.19. The van der Waals surface area contributed by atoms with Gasteiger partial charge in [-0.1, -0.05) is 23.7 Å². The zero-order valence-electron chi connectivity index (χ0n) is 5.78. The lowest BCUT2D eigenvalue weighted by Crippen LogP contribution is -1.83. The van der Waals surface area contributed by atoms with Gasteiger partial charge in [-0.05, 0) is 17.2 Å². The molecule has 0 N–H and O–H groups in total. The molecular weight excluding hydrogens is 202 g/mol. The molecule has 60 valence electrons. The van der Waals surface area contributed by atoms with Crippen LogP contribution in [0.2, 0.25) is 5.02 Å². The first-order chi connectivity index (χ1) is 5.27.